The van der Waals surface area contributed by atoms with Crippen LogP contribution in [0.15, 0.2) is 30.6 Å². The number of aliphatic carboxylic acids is 2. The van der Waals surface area contributed by atoms with Crippen molar-refractivity contribution in [1.29, 1.82) is 0 Å². The van der Waals surface area contributed by atoms with E-state index in [-0.39, 0.29) is 17.3 Å². The van der Waals surface area contributed by atoms with Crippen molar-refractivity contribution in [3.8, 4) is 0 Å². The highest BCUT2D eigenvalue weighted by Gasteiger charge is 2.46. The summed E-state index contributed by atoms with van der Waals surface area (Å²) in [5.74, 6) is -6.17. The Hall–Kier alpha value is -3.77. The van der Waals surface area contributed by atoms with Crippen molar-refractivity contribution in [2.75, 3.05) is 18.4 Å². The Morgan fingerprint density at radius 3 is 1.86 bits per heavy atom. The van der Waals surface area contributed by atoms with Crippen LogP contribution in [0.5, 0.6) is 0 Å². The molecule has 8 nitrogen and oxygen atoms in total. The first-order valence-electron chi connectivity index (χ1n) is 12.0. The van der Waals surface area contributed by atoms with Gasteiger partial charge in [-0.15, -0.1) is 0 Å². The number of likely N-dealkylation sites (tertiary alicyclic amines) is 1. The molecule has 1 spiro atoms. The Labute approximate surface area is 235 Å². The molecule has 0 unspecified atom stereocenters. The molecule has 2 aromatic rings. The number of anilines is 1. The SMILES string of the molecule is Fc1ccc(F)c(CN2CCC3(CC2)CC(Nc2cc(C(F)(F)F)ncn2)C3)c1.O=C(O)C(F)(F)F.O=C(O)C(F)(F)F. The maximum Gasteiger partial charge on any atom is 0.490 e. The largest absolute Gasteiger partial charge is 0.490 e. The van der Waals surface area contributed by atoms with Gasteiger partial charge in [0.2, 0.25) is 0 Å². The fraction of sp³-hybridized carbons (Fsp3) is 0.500. The minimum absolute atomic E-state index is 0.0817. The molecule has 0 bridgehead atoms. The van der Waals surface area contributed by atoms with Gasteiger partial charge >= 0.3 is 30.5 Å². The third-order valence-electron chi connectivity index (χ3n) is 6.47. The van der Waals surface area contributed by atoms with Gasteiger partial charge in [0.15, 0.2) is 0 Å². The summed E-state index contributed by atoms with van der Waals surface area (Å²) in [5.41, 5.74) is -0.436. The number of carboxylic acid groups (broad SMARTS) is 2. The van der Waals surface area contributed by atoms with Gasteiger partial charge in [-0.2, -0.15) is 39.5 Å². The summed E-state index contributed by atoms with van der Waals surface area (Å²) in [7, 11) is 0. The van der Waals surface area contributed by atoms with Crippen LogP contribution in [0.3, 0.4) is 0 Å². The number of hydrogen-bond acceptors (Lipinski definition) is 6. The summed E-state index contributed by atoms with van der Waals surface area (Å²) in [5, 5.41) is 17.3. The van der Waals surface area contributed by atoms with E-state index in [2.05, 4.69) is 20.2 Å². The molecule has 2 fully saturated rings. The van der Waals surface area contributed by atoms with E-state index in [9.17, 15) is 48.3 Å². The lowest BCUT2D eigenvalue weighted by Crippen LogP contribution is -2.51. The maximum absolute atomic E-state index is 13.8. The predicted molar refractivity (Wildman–Crippen MR) is 124 cm³/mol. The molecule has 0 radical (unpaired) electrons. The zero-order valence-corrected chi connectivity index (χ0v) is 21.6. The van der Waals surface area contributed by atoms with Crippen molar-refractivity contribution < 1.29 is 68.1 Å². The van der Waals surface area contributed by atoms with Crippen LogP contribution in [-0.2, 0) is 22.3 Å². The number of nitrogens with zero attached hydrogens (tertiary/aromatic N) is 3. The van der Waals surface area contributed by atoms with Gasteiger partial charge in [0.1, 0.15) is 29.5 Å². The second-order valence-electron chi connectivity index (χ2n) is 9.65. The topological polar surface area (TPSA) is 116 Å². The third kappa shape index (κ3) is 11.1. The van der Waals surface area contributed by atoms with Gasteiger partial charge in [-0.05, 0) is 62.4 Å². The number of carbonyl (C=O) groups is 2. The molecule has 0 amide bonds. The molecule has 0 atom stereocenters. The zero-order valence-electron chi connectivity index (χ0n) is 21.6. The molecular formula is C24H23F11N4O4. The fourth-order valence-electron chi connectivity index (χ4n) is 4.39. The Bertz CT molecular complexity index is 1230. The molecule has 1 aliphatic carbocycles. The summed E-state index contributed by atoms with van der Waals surface area (Å²) < 4.78 is 129. The third-order valence-corrected chi connectivity index (χ3v) is 6.47. The van der Waals surface area contributed by atoms with Gasteiger partial charge in [0, 0.05) is 24.2 Å². The van der Waals surface area contributed by atoms with E-state index in [0.29, 0.717) is 12.1 Å². The van der Waals surface area contributed by atoms with Crippen molar-refractivity contribution in [3.05, 3.63) is 53.5 Å². The summed E-state index contributed by atoms with van der Waals surface area (Å²) in [6.07, 6.45) is -10.2. The molecule has 3 N–H and O–H groups in total. The van der Waals surface area contributed by atoms with Gasteiger partial charge < -0.3 is 15.5 Å². The maximum atomic E-state index is 13.8. The molecule has 19 heteroatoms. The van der Waals surface area contributed by atoms with E-state index in [0.717, 1.165) is 63.3 Å². The average molecular weight is 640 g/mol. The molecule has 43 heavy (non-hydrogen) atoms. The molecule has 1 aromatic heterocycles. The van der Waals surface area contributed by atoms with Crippen LogP contribution in [-0.4, -0.2) is 68.5 Å². The first-order chi connectivity index (χ1) is 19.6. The van der Waals surface area contributed by atoms with Crippen LogP contribution >= 0.6 is 0 Å². The first-order valence-corrected chi connectivity index (χ1v) is 12.0. The highest BCUT2D eigenvalue weighted by molar-refractivity contribution is 5.73. The standard InChI is InChI=1S/C20H21F5N4.2C2HF3O2/c21-14-1-2-16(22)13(7-14)11-29-5-3-19(4-6-29)9-15(10-19)28-18-8-17(20(23,24)25)26-12-27-18;2*3-2(4,5)1(6)7/h1-2,7-8,12,15H,3-6,9-11H2,(H,26,27,28);2*(H,6,7). The smallest absolute Gasteiger partial charge is 0.475 e. The van der Waals surface area contributed by atoms with Gasteiger partial charge in [-0.25, -0.2) is 28.3 Å². The highest BCUT2D eigenvalue weighted by Crippen LogP contribution is 2.50. The Morgan fingerprint density at radius 2 is 1.40 bits per heavy atom. The number of halogens is 11. The van der Waals surface area contributed by atoms with Crippen LogP contribution in [0.1, 0.15) is 36.9 Å². The number of carboxylic acids is 2. The molecular weight excluding hydrogens is 617 g/mol. The molecule has 1 aliphatic heterocycles. The normalized spacial score (nSPS) is 17.1. The number of alkyl halides is 9. The quantitative estimate of drug-likeness (QED) is 0.354. The van der Waals surface area contributed by atoms with Crippen molar-refractivity contribution in [3.63, 3.8) is 0 Å². The molecule has 1 saturated carbocycles. The number of aromatic nitrogens is 2. The van der Waals surface area contributed by atoms with Crippen molar-refractivity contribution in [2.24, 2.45) is 5.41 Å². The summed E-state index contributed by atoms with van der Waals surface area (Å²) in [4.78, 5) is 27.1. The Morgan fingerprint density at radius 1 is 0.884 bits per heavy atom. The lowest BCUT2D eigenvalue weighted by atomic mass is 9.60. The van der Waals surface area contributed by atoms with Crippen LogP contribution in [0.2, 0.25) is 0 Å². The molecule has 2 aliphatic rings. The Kier molecular flexibility index (Phi) is 11.3. The van der Waals surface area contributed by atoms with Crippen LogP contribution in [0, 0.1) is 17.0 Å². The lowest BCUT2D eigenvalue weighted by Gasteiger charge is -2.52. The van der Waals surface area contributed by atoms with Gasteiger partial charge in [0.25, 0.3) is 0 Å². The molecule has 1 aromatic carbocycles. The average Bonchev–Trinajstić information content (AvgIpc) is 2.86. The lowest BCUT2D eigenvalue weighted by molar-refractivity contribution is -0.193. The van der Waals surface area contributed by atoms with E-state index < -0.39 is 47.8 Å². The monoisotopic (exact) mass is 640 g/mol. The van der Waals surface area contributed by atoms with Gasteiger partial charge in [-0.1, -0.05) is 0 Å². The number of rotatable bonds is 4. The van der Waals surface area contributed by atoms with Crippen LogP contribution in [0.4, 0.5) is 54.1 Å². The van der Waals surface area contributed by atoms with Gasteiger partial charge in [-0.3, -0.25) is 4.90 Å². The van der Waals surface area contributed by atoms with E-state index in [4.69, 9.17) is 19.8 Å². The summed E-state index contributed by atoms with van der Waals surface area (Å²) in [6, 6.07) is 4.51. The van der Waals surface area contributed by atoms with E-state index in [1.807, 2.05) is 0 Å². The van der Waals surface area contributed by atoms with Crippen molar-refractivity contribution in [1.82, 2.24) is 14.9 Å². The molecule has 4 rings (SSSR count). The van der Waals surface area contributed by atoms with E-state index >= 15 is 0 Å². The van der Waals surface area contributed by atoms with Crippen molar-refractivity contribution >= 4 is 17.8 Å². The fourth-order valence-corrected chi connectivity index (χ4v) is 4.39. The minimum atomic E-state index is -5.08. The second-order valence-corrected chi connectivity index (χ2v) is 9.65. The Balaban J connectivity index is 0.000000384. The number of piperidine rings is 1. The first kappa shape index (κ1) is 35.4. The predicted octanol–water partition coefficient (Wildman–Crippen LogP) is 5.90. The zero-order chi connectivity index (χ0) is 32.8. The van der Waals surface area contributed by atoms with E-state index in [1.165, 1.54) is 6.07 Å². The second kappa shape index (κ2) is 13.7. The minimum Gasteiger partial charge on any atom is -0.475 e. The summed E-state index contributed by atoms with van der Waals surface area (Å²) >= 11 is 0. The van der Waals surface area contributed by atoms with Crippen molar-refractivity contribution in [2.45, 2.75) is 56.8 Å². The van der Waals surface area contributed by atoms with Gasteiger partial charge in [0.05, 0.1) is 0 Å². The van der Waals surface area contributed by atoms with Crippen LogP contribution < -0.4 is 5.32 Å². The van der Waals surface area contributed by atoms with E-state index in [1.54, 1.807) is 0 Å². The summed E-state index contributed by atoms with van der Waals surface area (Å²) in [6.45, 7) is 1.95. The molecule has 2 heterocycles. The number of hydrogen-bond donors (Lipinski definition) is 3. The number of nitrogens with one attached hydrogen (secondary N) is 1. The molecule has 240 valence electrons. The van der Waals surface area contributed by atoms with Crippen LogP contribution in [0.25, 0.3) is 0 Å². The highest BCUT2D eigenvalue weighted by atomic mass is 19.4. The number of benzene rings is 1. The molecule has 1 saturated heterocycles.